The van der Waals surface area contributed by atoms with Gasteiger partial charge in [-0.15, -0.1) is 0 Å². The zero-order chi connectivity index (χ0) is 4.99. The third-order valence-corrected chi connectivity index (χ3v) is 0.833. The molecule has 6 N–H and O–H groups in total. The summed E-state index contributed by atoms with van der Waals surface area (Å²) in [5, 5.41) is 8.08. The molecule has 0 heterocycles. The summed E-state index contributed by atoms with van der Waals surface area (Å²) in [6, 6.07) is 2.11. The lowest BCUT2D eigenvalue weighted by Gasteiger charge is -1.87. The zero-order valence-corrected chi connectivity index (χ0v) is 5.65. The highest BCUT2D eigenvalue weighted by Crippen LogP contribution is 1.94. The molecule has 0 amide bonds. The summed E-state index contributed by atoms with van der Waals surface area (Å²) < 4.78 is 0. The number of rotatable bonds is 1. The molecule has 0 spiro atoms. The molecule has 0 rings (SSSR count). The Morgan fingerprint density at radius 1 is 1.50 bits per heavy atom. The summed E-state index contributed by atoms with van der Waals surface area (Å²) >= 11 is 0. The number of nitrogens with zero attached hydrogens (tertiary/aromatic N) is 1. The summed E-state index contributed by atoms with van der Waals surface area (Å²) in [7, 11) is 0. The highest BCUT2D eigenvalue weighted by molar-refractivity contribution is 4.76. The van der Waals surface area contributed by atoms with E-state index in [1.54, 1.807) is 0 Å². The van der Waals surface area contributed by atoms with E-state index in [2.05, 4.69) is 6.07 Å². The zero-order valence-electron chi connectivity index (χ0n) is 5.65. The topological polar surface area (TPSA) is 93.8 Å². The highest BCUT2D eigenvalue weighted by atomic mass is 14.2. The van der Waals surface area contributed by atoms with Crippen molar-refractivity contribution in [1.82, 2.24) is 12.3 Å². The number of nitriles is 1. The average Bonchev–Trinajstić information content (AvgIpc) is 1.65. The SMILES string of the molecule is CCC(C)C#N.N.N. The summed E-state index contributed by atoms with van der Waals surface area (Å²) in [5.74, 6) is 0.241. The molecule has 1 unspecified atom stereocenters. The lowest BCUT2D eigenvalue weighted by Crippen LogP contribution is -1.81. The maximum atomic E-state index is 8.08. The van der Waals surface area contributed by atoms with Gasteiger partial charge in [-0.25, -0.2) is 0 Å². The molecule has 0 bridgehead atoms. The minimum absolute atomic E-state index is 0. The van der Waals surface area contributed by atoms with Crippen LogP contribution in [-0.4, -0.2) is 0 Å². The summed E-state index contributed by atoms with van der Waals surface area (Å²) in [5.41, 5.74) is 0. The van der Waals surface area contributed by atoms with Crippen molar-refractivity contribution in [2.45, 2.75) is 20.3 Å². The van der Waals surface area contributed by atoms with Gasteiger partial charge in [0.2, 0.25) is 0 Å². The van der Waals surface area contributed by atoms with E-state index in [4.69, 9.17) is 5.26 Å². The molecule has 0 aliphatic heterocycles. The fraction of sp³-hybridized carbons (Fsp3) is 0.800. The van der Waals surface area contributed by atoms with Gasteiger partial charge in [0.05, 0.1) is 6.07 Å². The average molecular weight is 117 g/mol. The molecule has 0 radical (unpaired) electrons. The van der Waals surface area contributed by atoms with Crippen molar-refractivity contribution >= 4 is 0 Å². The fourth-order valence-electron chi connectivity index (χ4n) is 0.0913. The molecule has 0 aromatic heterocycles. The van der Waals surface area contributed by atoms with Crippen LogP contribution in [0.5, 0.6) is 0 Å². The van der Waals surface area contributed by atoms with Crippen LogP contribution in [0, 0.1) is 17.2 Å². The molecular weight excluding hydrogens is 102 g/mol. The summed E-state index contributed by atoms with van der Waals surface area (Å²) in [6.45, 7) is 3.92. The Morgan fingerprint density at radius 3 is 1.88 bits per heavy atom. The predicted molar refractivity (Wildman–Crippen MR) is 35.1 cm³/mol. The van der Waals surface area contributed by atoms with Crippen molar-refractivity contribution < 1.29 is 0 Å². The fourth-order valence-corrected chi connectivity index (χ4v) is 0.0913. The van der Waals surface area contributed by atoms with Crippen molar-refractivity contribution in [3.05, 3.63) is 0 Å². The predicted octanol–water partition coefficient (Wildman–Crippen LogP) is 1.88. The summed E-state index contributed by atoms with van der Waals surface area (Å²) in [4.78, 5) is 0. The van der Waals surface area contributed by atoms with Crippen LogP contribution in [0.2, 0.25) is 0 Å². The molecule has 0 fully saturated rings. The van der Waals surface area contributed by atoms with E-state index in [0.717, 1.165) is 6.42 Å². The minimum Gasteiger partial charge on any atom is -0.344 e. The Morgan fingerprint density at radius 2 is 1.88 bits per heavy atom. The van der Waals surface area contributed by atoms with E-state index in [9.17, 15) is 0 Å². The van der Waals surface area contributed by atoms with E-state index in [1.807, 2.05) is 13.8 Å². The Kier molecular flexibility index (Phi) is 18.9. The quantitative estimate of drug-likeness (QED) is 0.549. The molecule has 1 atom stereocenters. The molecular formula is C5H15N3. The number of hydrogen-bond acceptors (Lipinski definition) is 3. The molecule has 3 heteroatoms. The maximum absolute atomic E-state index is 8.08. The van der Waals surface area contributed by atoms with Crippen LogP contribution in [0.1, 0.15) is 20.3 Å². The first-order valence-electron chi connectivity index (χ1n) is 2.20. The van der Waals surface area contributed by atoms with Gasteiger partial charge in [0, 0.05) is 5.92 Å². The lowest BCUT2D eigenvalue weighted by atomic mass is 10.2. The van der Waals surface area contributed by atoms with Crippen LogP contribution >= 0.6 is 0 Å². The second-order valence-corrected chi connectivity index (χ2v) is 1.44. The van der Waals surface area contributed by atoms with Gasteiger partial charge < -0.3 is 12.3 Å². The van der Waals surface area contributed by atoms with Gasteiger partial charge in [-0.2, -0.15) is 5.26 Å². The van der Waals surface area contributed by atoms with Crippen molar-refractivity contribution in [3.63, 3.8) is 0 Å². The van der Waals surface area contributed by atoms with Gasteiger partial charge in [0.1, 0.15) is 0 Å². The van der Waals surface area contributed by atoms with Crippen LogP contribution in [-0.2, 0) is 0 Å². The van der Waals surface area contributed by atoms with Crippen molar-refractivity contribution in [1.29, 1.82) is 5.26 Å². The Bertz CT molecular complexity index is 64.6. The van der Waals surface area contributed by atoms with E-state index in [-0.39, 0.29) is 18.2 Å². The van der Waals surface area contributed by atoms with E-state index in [0.29, 0.717) is 0 Å². The van der Waals surface area contributed by atoms with Crippen LogP contribution in [0.25, 0.3) is 0 Å². The van der Waals surface area contributed by atoms with Crippen LogP contribution in [0.15, 0.2) is 0 Å². The van der Waals surface area contributed by atoms with Crippen molar-refractivity contribution in [2.75, 3.05) is 0 Å². The molecule has 0 saturated heterocycles. The molecule has 50 valence electrons. The van der Waals surface area contributed by atoms with Gasteiger partial charge in [0.15, 0.2) is 0 Å². The highest BCUT2D eigenvalue weighted by Gasteiger charge is 1.88. The molecule has 0 aliphatic carbocycles. The second kappa shape index (κ2) is 9.65. The van der Waals surface area contributed by atoms with Gasteiger partial charge in [0.25, 0.3) is 0 Å². The van der Waals surface area contributed by atoms with Crippen LogP contribution < -0.4 is 12.3 Å². The van der Waals surface area contributed by atoms with E-state index >= 15 is 0 Å². The first-order chi connectivity index (χ1) is 2.81. The maximum Gasteiger partial charge on any atom is 0.0652 e. The minimum atomic E-state index is 0. The van der Waals surface area contributed by atoms with Gasteiger partial charge in [-0.3, -0.25) is 0 Å². The van der Waals surface area contributed by atoms with Crippen LogP contribution in [0.4, 0.5) is 0 Å². The van der Waals surface area contributed by atoms with Crippen molar-refractivity contribution in [3.8, 4) is 6.07 Å². The molecule has 0 aromatic carbocycles. The van der Waals surface area contributed by atoms with Gasteiger partial charge >= 0.3 is 0 Å². The molecule has 3 nitrogen and oxygen atoms in total. The normalized spacial score (nSPS) is 9.62. The van der Waals surface area contributed by atoms with Gasteiger partial charge in [-0.1, -0.05) is 6.92 Å². The Labute approximate surface area is 50.9 Å². The largest absolute Gasteiger partial charge is 0.344 e. The Hall–Kier alpha value is -0.590. The molecule has 0 aliphatic rings. The molecule has 0 saturated carbocycles. The number of hydrogen-bond donors (Lipinski definition) is 2. The van der Waals surface area contributed by atoms with Crippen LogP contribution in [0.3, 0.4) is 0 Å². The first kappa shape index (κ1) is 15.7. The smallest absolute Gasteiger partial charge is 0.0652 e. The van der Waals surface area contributed by atoms with Gasteiger partial charge in [-0.05, 0) is 13.3 Å². The monoisotopic (exact) mass is 117 g/mol. The van der Waals surface area contributed by atoms with E-state index < -0.39 is 0 Å². The lowest BCUT2D eigenvalue weighted by molar-refractivity contribution is 0.713. The third-order valence-electron chi connectivity index (χ3n) is 0.833. The Balaban J connectivity index is -0.000000125. The van der Waals surface area contributed by atoms with E-state index in [1.165, 1.54) is 0 Å². The van der Waals surface area contributed by atoms with Crippen molar-refractivity contribution in [2.24, 2.45) is 5.92 Å². The molecule has 8 heavy (non-hydrogen) atoms. The summed E-state index contributed by atoms with van der Waals surface area (Å²) in [6.07, 6.45) is 0.969. The first-order valence-corrected chi connectivity index (χ1v) is 2.20. The third kappa shape index (κ3) is 9.05. The second-order valence-electron chi connectivity index (χ2n) is 1.44. The molecule has 0 aromatic rings. The standard InChI is InChI=1S/C5H9N.2H3N/c1-3-5(2)4-6;;/h5H,3H2,1-2H3;2*1H3.